The van der Waals surface area contributed by atoms with E-state index in [1.165, 1.54) is 0 Å². The van der Waals surface area contributed by atoms with Gasteiger partial charge in [0, 0.05) is 23.3 Å². The number of fused-ring (bicyclic) bond motifs is 1. The maximum absolute atomic E-state index is 6.27. The molecule has 3 heteroatoms. The Morgan fingerprint density at radius 3 is 2.76 bits per heavy atom. The average Bonchev–Trinajstić information content (AvgIpc) is 2.79. The van der Waals surface area contributed by atoms with Crippen LogP contribution in [0.15, 0.2) is 42.7 Å². The Hall–Kier alpha value is -1.80. The van der Waals surface area contributed by atoms with Crippen LogP contribution in [-0.2, 0) is 0 Å². The molecule has 1 aromatic carbocycles. The van der Waals surface area contributed by atoms with Crippen molar-refractivity contribution in [1.29, 1.82) is 0 Å². The molecule has 0 spiro atoms. The van der Waals surface area contributed by atoms with Crippen LogP contribution in [0.25, 0.3) is 22.2 Å². The highest BCUT2D eigenvalue weighted by atomic mass is 35.5. The maximum Gasteiger partial charge on any atom is 0.0738 e. The first-order chi connectivity index (χ1) is 8.25. The maximum atomic E-state index is 6.27. The topological polar surface area (TPSA) is 28.7 Å². The highest BCUT2D eigenvalue weighted by Gasteiger charge is 2.10. The molecule has 0 atom stereocenters. The summed E-state index contributed by atoms with van der Waals surface area (Å²) >= 11 is 6.27. The molecular formula is C14H11ClN2. The van der Waals surface area contributed by atoms with Gasteiger partial charge in [0.25, 0.3) is 0 Å². The van der Waals surface area contributed by atoms with E-state index in [2.05, 4.69) is 9.97 Å². The van der Waals surface area contributed by atoms with Gasteiger partial charge in [0.05, 0.1) is 16.2 Å². The van der Waals surface area contributed by atoms with Gasteiger partial charge in [0.15, 0.2) is 0 Å². The largest absolute Gasteiger partial charge is 0.361 e. The Kier molecular flexibility index (Phi) is 2.37. The van der Waals surface area contributed by atoms with Gasteiger partial charge in [-0.1, -0.05) is 23.7 Å². The molecule has 0 aliphatic rings. The standard InChI is InChI=1S/C14H11ClN2/c1-9-2-5-12(17-8-9)13-11(15)4-3-10-6-7-16-14(10)13/h2-8,16H,1H3. The minimum Gasteiger partial charge on any atom is -0.361 e. The summed E-state index contributed by atoms with van der Waals surface area (Å²) in [6.45, 7) is 2.02. The molecule has 0 unspecified atom stereocenters. The zero-order chi connectivity index (χ0) is 11.8. The number of rotatable bonds is 1. The molecule has 0 saturated carbocycles. The number of H-pyrrole nitrogens is 1. The van der Waals surface area contributed by atoms with Crippen molar-refractivity contribution in [2.45, 2.75) is 6.92 Å². The molecule has 2 heterocycles. The van der Waals surface area contributed by atoms with Gasteiger partial charge in [0.2, 0.25) is 0 Å². The third kappa shape index (κ3) is 1.71. The first-order valence-corrected chi connectivity index (χ1v) is 5.82. The van der Waals surface area contributed by atoms with E-state index >= 15 is 0 Å². The van der Waals surface area contributed by atoms with Crippen LogP contribution < -0.4 is 0 Å². The molecule has 0 aliphatic heterocycles. The Morgan fingerprint density at radius 2 is 2.00 bits per heavy atom. The van der Waals surface area contributed by atoms with Crippen LogP contribution in [0.2, 0.25) is 5.02 Å². The molecule has 0 amide bonds. The normalized spacial score (nSPS) is 10.9. The monoisotopic (exact) mass is 242 g/mol. The lowest BCUT2D eigenvalue weighted by Crippen LogP contribution is -1.87. The van der Waals surface area contributed by atoms with Gasteiger partial charge in [-0.25, -0.2) is 0 Å². The second-order valence-corrected chi connectivity index (χ2v) is 4.49. The predicted octanol–water partition coefficient (Wildman–Crippen LogP) is 4.19. The minimum atomic E-state index is 0.719. The van der Waals surface area contributed by atoms with Crippen molar-refractivity contribution >= 4 is 22.5 Å². The van der Waals surface area contributed by atoms with Crippen molar-refractivity contribution in [2.75, 3.05) is 0 Å². The van der Waals surface area contributed by atoms with Crippen LogP contribution in [0.1, 0.15) is 5.56 Å². The van der Waals surface area contributed by atoms with Gasteiger partial charge >= 0.3 is 0 Å². The van der Waals surface area contributed by atoms with Crippen molar-refractivity contribution in [3.63, 3.8) is 0 Å². The van der Waals surface area contributed by atoms with Crippen LogP contribution in [-0.4, -0.2) is 9.97 Å². The summed E-state index contributed by atoms with van der Waals surface area (Å²) < 4.78 is 0. The summed E-state index contributed by atoms with van der Waals surface area (Å²) in [4.78, 5) is 7.65. The van der Waals surface area contributed by atoms with E-state index in [1.54, 1.807) is 0 Å². The third-order valence-corrected chi connectivity index (χ3v) is 3.16. The first-order valence-electron chi connectivity index (χ1n) is 5.44. The fourth-order valence-corrected chi connectivity index (χ4v) is 2.22. The van der Waals surface area contributed by atoms with Crippen LogP contribution in [0.5, 0.6) is 0 Å². The van der Waals surface area contributed by atoms with E-state index in [0.717, 1.165) is 32.7 Å². The van der Waals surface area contributed by atoms with Crippen molar-refractivity contribution < 1.29 is 0 Å². The summed E-state index contributed by atoms with van der Waals surface area (Å²) in [5.41, 5.74) is 4.04. The molecule has 0 fully saturated rings. The number of halogens is 1. The van der Waals surface area contributed by atoms with E-state index in [-0.39, 0.29) is 0 Å². The quantitative estimate of drug-likeness (QED) is 0.681. The lowest BCUT2D eigenvalue weighted by Gasteiger charge is -2.06. The van der Waals surface area contributed by atoms with E-state index in [9.17, 15) is 0 Å². The second-order valence-electron chi connectivity index (χ2n) is 4.09. The minimum absolute atomic E-state index is 0.719. The number of nitrogens with zero attached hydrogens (tertiary/aromatic N) is 1. The molecule has 0 radical (unpaired) electrons. The molecule has 2 aromatic heterocycles. The number of nitrogens with one attached hydrogen (secondary N) is 1. The summed E-state index contributed by atoms with van der Waals surface area (Å²) in [6.07, 6.45) is 3.77. The number of aromatic amines is 1. The van der Waals surface area contributed by atoms with Gasteiger partial charge in [0.1, 0.15) is 0 Å². The van der Waals surface area contributed by atoms with Gasteiger partial charge in [-0.05, 0) is 30.7 Å². The lowest BCUT2D eigenvalue weighted by atomic mass is 10.1. The molecule has 2 nitrogen and oxygen atoms in total. The third-order valence-electron chi connectivity index (χ3n) is 2.84. The number of hydrogen-bond acceptors (Lipinski definition) is 1. The second kappa shape index (κ2) is 3.90. The van der Waals surface area contributed by atoms with Crippen LogP contribution in [0.4, 0.5) is 0 Å². The molecule has 1 N–H and O–H groups in total. The Morgan fingerprint density at radius 1 is 1.12 bits per heavy atom. The number of pyridine rings is 1. The molecule has 0 aliphatic carbocycles. The molecule has 3 rings (SSSR count). The lowest BCUT2D eigenvalue weighted by molar-refractivity contribution is 1.27. The zero-order valence-electron chi connectivity index (χ0n) is 9.37. The fourth-order valence-electron chi connectivity index (χ4n) is 1.97. The Bertz CT molecular complexity index is 668. The Labute approximate surface area is 104 Å². The van der Waals surface area contributed by atoms with E-state index < -0.39 is 0 Å². The molecule has 0 saturated heterocycles. The van der Waals surface area contributed by atoms with Crippen LogP contribution in [0.3, 0.4) is 0 Å². The van der Waals surface area contributed by atoms with Crippen molar-refractivity contribution in [3.8, 4) is 11.3 Å². The van der Waals surface area contributed by atoms with E-state index in [0.29, 0.717) is 0 Å². The molecular weight excluding hydrogens is 232 g/mol. The highest BCUT2D eigenvalue weighted by molar-refractivity contribution is 6.34. The average molecular weight is 243 g/mol. The van der Waals surface area contributed by atoms with Crippen LogP contribution >= 0.6 is 11.6 Å². The van der Waals surface area contributed by atoms with Crippen molar-refractivity contribution in [2.24, 2.45) is 0 Å². The van der Waals surface area contributed by atoms with Crippen molar-refractivity contribution in [3.05, 3.63) is 53.3 Å². The summed E-state index contributed by atoms with van der Waals surface area (Å²) in [5.74, 6) is 0. The van der Waals surface area contributed by atoms with Crippen LogP contribution in [0, 0.1) is 6.92 Å². The van der Waals surface area contributed by atoms with Gasteiger partial charge in [-0.3, -0.25) is 4.98 Å². The summed E-state index contributed by atoms with van der Waals surface area (Å²) in [5, 5.41) is 1.86. The fraction of sp³-hybridized carbons (Fsp3) is 0.0714. The summed E-state index contributed by atoms with van der Waals surface area (Å²) in [7, 11) is 0. The molecule has 17 heavy (non-hydrogen) atoms. The SMILES string of the molecule is Cc1ccc(-c2c(Cl)ccc3cc[nH]c23)nc1. The van der Waals surface area contributed by atoms with E-state index in [1.807, 2.05) is 49.6 Å². The first kappa shape index (κ1) is 10.4. The highest BCUT2D eigenvalue weighted by Crippen LogP contribution is 2.33. The van der Waals surface area contributed by atoms with Crippen molar-refractivity contribution in [1.82, 2.24) is 9.97 Å². The molecule has 3 aromatic rings. The van der Waals surface area contributed by atoms with Gasteiger partial charge in [-0.15, -0.1) is 0 Å². The van der Waals surface area contributed by atoms with E-state index in [4.69, 9.17) is 11.6 Å². The Balaban J connectivity index is 2.31. The molecule has 84 valence electrons. The number of benzene rings is 1. The predicted molar refractivity (Wildman–Crippen MR) is 71.3 cm³/mol. The number of aromatic nitrogens is 2. The summed E-state index contributed by atoms with van der Waals surface area (Å²) in [6, 6.07) is 9.99. The van der Waals surface area contributed by atoms with Gasteiger partial charge in [-0.2, -0.15) is 0 Å². The number of hydrogen-bond donors (Lipinski definition) is 1. The smallest absolute Gasteiger partial charge is 0.0738 e. The zero-order valence-corrected chi connectivity index (χ0v) is 10.1. The molecule has 0 bridgehead atoms. The van der Waals surface area contributed by atoms with Gasteiger partial charge < -0.3 is 4.98 Å². The number of aryl methyl sites for hydroxylation is 1.